The van der Waals surface area contributed by atoms with Gasteiger partial charge in [-0.3, -0.25) is 4.79 Å². The molecule has 0 spiro atoms. The smallest absolute Gasteiger partial charge is 0.304 e. The standard InChI is InChI=1S/C10H17N3O4S/c1-6(2)8(4-10(14)15)13-18(16,17)9-5-11-7(3)12-9/h5-6,8,13H,4H2,1-3H3,(H,11,12)(H,14,15). The number of carboxylic acid groups (broad SMARTS) is 1. The maximum Gasteiger partial charge on any atom is 0.304 e. The van der Waals surface area contributed by atoms with Gasteiger partial charge in [0.2, 0.25) is 0 Å². The van der Waals surface area contributed by atoms with E-state index in [2.05, 4.69) is 14.7 Å². The molecule has 1 aromatic rings. The van der Waals surface area contributed by atoms with Gasteiger partial charge in [0, 0.05) is 6.04 Å². The van der Waals surface area contributed by atoms with Crippen LogP contribution in [0.3, 0.4) is 0 Å². The van der Waals surface area contributed by atoms with Crippen molar-refractivity contribution in [2.24, 2.45) is 5.92 Å². The molecular weight excluding hydrogens is 258 g/mol. The molecule has 1 aromatic heterocycles. The molecule has 0 aliphatic heterocycles. The van der Waals surface area contributed by atoms with E-state index < -0.39 is 22.0 Å². The number of hydrogen-bond acceptors (Lipinski definition) is 4. The summed E-state index contributed by atoms with van der Waals surface area (Å²) in [6, 6.07) is -0.656. The number of aromatic amines is 1. The van der Waals surface area contributed by atoms with E-state index in [0.717, 1.165) is 0 Å². The average molecular weight is 275 g/mol. The van der Waals surface area contributed by atoms with Gasteiger partial charge in [-0.25, -0.2) is 18.1 Å². The highest BCUT2D eigenvalue weighted by molar-refractivity contribution is 7.89. The van der Waals surface area contributed by atoms with Crippen LogP contribution in [0.2, 0.25) is 0 Å². The van der Waals surface area contributed by atoms with Crippen molar-refractivity contribution in [1.82, 2.24) is 14.7 Å². The molecule has 1 unspecified atom stereocenters. The number of imidazole rings is 1. The van der Waals surface area contributed by atoms with Crippen molar-refractivity contribution in [3.05, 3.63) is 12.0 Å². The number of H-pyrrole nitrogens is 1. The Labute approximate surface area is 106 Å². The van der Waals surface area contributed by atoms with E-state index in [-0.39, 0.29) is 17.4 Å². The first-order valence-corrected chi connectivity index (χ1v) is 6.96. The lowest BCUT2D eigenvalue weighted by atomic mass is 10.0. The van der Waals surface area contributed by atoms with Crippen LogP contribution < -0.4 is 4.72 Å². The fraction of sp³-hybridized carbons (Fsp3) is 0.600. The molecule has 0 saturated heterocycles. The van der Waals surface area contributed by atoms with Crippen LogP contribution in [-0.2, 0) is 14.8 Å². The number of rotatable bonds is 6. The molecule has 1 atom stereocenters. The number of aromatic nitrogens is 2. The van der Waals surface area contributed by atoms with Gasteiger partial charge in [0.15, 0.2) is 5.03 Å². The van der Waals surface area contributed by atoms with Crippen LogP contribution in [0.1, 0.15) is 26.1 Å². The van der Waals surface area contributed by atoms with Gasteiger partial charge < -0.3 is 10.1 Å². The number of carboxylic acids is 1. The van der Waals surface area contributed by atoms with Crippen molar-refractivity contribution in [3.8, 4) is 0 Å². The minimum absolute atomic E-state index is 0.0592. The molecule has 0 bridgehead atoms. The Morgan fingerprint density at radius 2 is 2.17 bits per heavy atom. The summed E-state index contributed by atoms with van der Waals surface area (Å²) in [5.41, 5.74) is 0. The molecule has 3 N–H and O–H groups in total. The Kier molecular flexibility index (Phi) is 4.47. The third-order valence-corrected chi connectivity index (χ3v) is 3.87. The van der Waals surface area contributed by atoms with Crippen molar-refractivity contribution in [2.75, 3.05) is 0 Å². The second-order valence-corrected chi connectivity index (χ2v) is 6.08. The van der Waals surface area contributed by atoms with Crippen molar-refractivity contribution in [2.45, 2.75) is 38.3 Å². The SMILES string of the molecule is Cc1ncc(S(=O)(=O)NC(CC(=O)O)C(C)C)[nH]1. The molecule has 1 rings (SSSR count). The van der Waals surface area contributed by atoms with Crippen LogP contribution in [0.4, 0.5) is 0 Å². The van der Waals surface area contributed by atoms with Gasteiger partial charge in [0.25, 0.3) is 10.0 Å². The third kappa shape index (κ3) is 3.81. The Bertz CT molecular complexity index is 521. The Morgan fingerprint density at radius 3 is 2.56 bits per heavy atom. The number of carbonyl (C=O) groups is 1. The lowest BCUT2D eigenvalue weighted by Crippen LogP contribution is -2.40. The number of aliphatic carboxylic acids is 1. The predicted octanol–water partition coefficient (Wildman–Crippen LogP) is 0.496. The van der Waals surface area contributed by atoms with Gasteiger partial charge in [0.1, 0.15) is 5.82 Å². The normalized spacial score (nSPS) is 13.8. The summed E-state index contributed by atoms with van der Waals surface area (Å²) < 4.78 is 26.3. The molecule has 7 nitrogen and oxygen atoms in total. The predicted molar refractivity (Wildman–Crippen MR) is 64.5 cm³/mol. The van der Waals surface area contributed by atoms with Crippen LogP contribution in [0.15, 0.2) is 11.2 Å². The second kappa shape index (κ2) is 5.49. The van der Waals surface area contributed by atoms with Crippen molar-refractivity contribution < 1.29 is 18.3 Å². The van der Waals surface area contributed by atoms with E-state index in [0.29, 0.717) is 5.82 Å². The molecule has 0 saturated carbocycles. The third-order valence-electron chi connectivity index (χ3n) is 2.47. The van der Waals surface area contributed by atoms with Crippen LogP contribution in [0, 0.1) is 12.8 Å². The summed E-state index contributed by atoms with van der Waals surface area (Å²) in [5.74, 6) is -0.688. The highest BCUT2D eigenvalue weighted by Gasteiger charge is 2.25. The van der Waals surface area contributed by atoms with Gasteiger partial charge in [-0.05, 0) is 12.8 Å². The van der Waals surface area contributed by atoms with Crippen LogP contribution in [0.5, 0.6) is 0 Å². The van der Waals surface area contributed by atoms with E-state index in [1.807, 2.05) is 0 Å². The summed E-state index contributed by atoms with van der Waals surface area (Å²) in [4.78, 5) is 17.1. The Morgan fingerprint density at radius 1 is 1.56 bits per heavy atom. The molecule has 8 heteroatoms. The first-order valence-electron chi connectivity index (χ1n) is 5.48. The highest BCUT2D eigenvalue weighted by Crippen LogP contribution is 2.12. The summed E-state index contributed by atoms with van der Waals surface area (Å²) in [7, 11) is -3.76. The summed E-state index contributed by atoms with van der Waals surface area (Å²) in [6.07, 6.45) is 0.944. The van der Waals surface area contributed by atoms with E-state index in [4.69, 9.17) is 5.11 Å². The lowest BCUT2D eigenvalue weighted by molar-refractivity contribution is -0.137. The molecule has 1 heterocycles. The zero-order valence-corrected chi connectivity index (χ0v) is 11.3. The van der Waals surface area contributed by atoms with E-state index >= 15 is 0 Å². The average Bonchev–Trinajstić information content (AvgIpc) is 2.63. The quantitative estimate of drug-likeness (QED) is 0.699. The number of nitrogens with zero attached hydrogens (tertiary/aromatic N) is 1. The van der Waals surface area contributed by atoms with Crippen LogP contribution in [0.25, 0.3) is 0 Å². The highest BCUT2D eigenvalue weighted by atomic mass is 32.2. The van der Waals surface area contributed by atoms with Crippen molar-refractivity contribution in [1.29, 1.82) is 0 Å². The van der Waals surface area contributed by atoms with Crippen LogP contribution in [-0.4, -0.2) is 35.5 Å². The number of nitrogens with one attached hydrogen (secondary N) is 2. The van der Waals surface area contributed by atoms with E-state index in [1.54, 1.807) is 20.8 Å². The van der Waals surface area contributed by atoms with Gasteiger partial charge in [-0.1, -0.05) is 13.8 Å². The lowest BCUT2D eigenvalue weighted by Gasteiger charge is -2.19. The van der Waals surface area contributed by atoms with Gasteiger partial charge >= 0.3 is 5.97 Å². The zero-order valence-electron chi connectivity index (χ0n) is 10.5. The van der Waals surface area contributed by atoms with E-state index in [9.17, 15) is 13.2 Å². The Balaban J connectivity index is 2.89. The van der Waals surface area contributed by atoms with Gasteiger partial charge in [-0.15, -0.1) is 0 Å². The van der Waals surface area contributed by atoms with Gasteiger partial charge in [0.05, 0.1) is 12.6 Å². The molecule has 0 aromatic carbocycles. The molecular formula is C10H17N3O4S. The summed E-state index contributed by atoms with van der Waals surface area (Å²) in [5, 5.41) is 8.69. The first kappa shape index (κ1) is 14.7. The topological polar surface area (TPSA) is 112 Å². The minimum Gasteiger partial charge on any atom is -0.481 e. The maximum atomic E-state index is 12.0. The molecule has 0 amide bonds. The van der Waals surface area contributed by atoms with Crippen molar-refractivity contribution in [3.63, 3.8) is 0 Å². The number of sulfonamides is 1. The fourth-order valence-corrected chi connectivity index (χ4v) is 2.75. The summed E-state index contributed by atoms with van der Waals surface area (Å²) >= 11 is 0. The zero-order chi connectivity index (χ0) is 13.9. The maximum absolute atomic E-state index is 12.0. The number of aryl methyl sites for hydroxylation is 1. The van der Waals surface area contributed by atoms with E-state index in [1.165, 1.54) is 6.20 Å². The molecule has 102 valence electrons. The fourth-order valence-electron chi connectivity index (χ4n) is 1.40. The van der Waals surface area contributed by atoms with Gasteiger partial charge in [-0.2, -0.15) is 0 Å². The molecule has 18 heavy (non-hydrogen) atoms. The molecule has 0 radical (unpaired) electrons. The largest absolute Gasteiger partial charge is 0.481 e. The first-order chi connectivity index (χ1) is 8.22. The molecule has 0 fully saturated rings. The van der Waals surface area contributed by atoms with Crippen molar-refractivity contribution >= 4 is 16.0 Å². The molecule has 0 aliphatic rings. The number of hydrogen-bond donors (Lipinski definition) is 3. The van der Waals surface area contributed by atoms with Crippen LogP contribution >= 0.6 is 0 Å². The monoisotopic (exact) mass is 275 g/mol. The summed E-state index contributed by atoms with van der Waals surface area (Å²) in [6.45, 7) is 5.15. The Hall–Kier alpha value is -1.41. The second-order valence-electron chi connectivity index (χ2n) is 4.40. The molecule has 0 aliphatic carbocycles. The minimum atomic E-state index is -3.76.